The molecule has 14 heavy (non-hydrogen) atoms. The van der Waals surface area contributed by atoms with Crippen LogP contribution in [-0.2, 0) is 16.4 Å². The van der Waals surface area contributed by atoms with Crippen molar-refractivity contribution in [1.82, 2.24) is 0 Å². The molecule has 0 aliphatic heterocycles. The predicted molar refractivity (Wildman–Crippen MR) is 55.6 cm³/mol. The van der Waals surface area contributed by atoms with Gasteiger partial charge < -0.3 is 0 Å². The maximum Gasteiger partial charge on any atom is 0.235 e. The van der Waals surface area contributed by atoms with Crippen molar-refractivity contribution in [3.63, 3.8) is 0 Å². The second kappa shape index (κ2) is 4.99. The van der Waals surface area contributed by atoms with Gasteiger partial charge in [0.15, 0.2) is 0 Å². The van der Waals surface area contributed by atoms with Crippen LogP contribution in [-0.4, -0.2) is 14.2 Å². The summed E-state index contributed by atoms with van der Waals surface area (Å²) in [4.78, 5) is 3.40. The van der Waals surface area contributed by atoms with E-state index in [4.69, 9.17) is 5.53 Å². The Balaban J connectivity index is 2.39. The minimum atomic E-state index is -3.57. The van der Waals surface area contributed by atoms with Crippen LogP contribution in [0.1, 0.15) is 11.3 Å². The lowest BCUT2D eigenvalue weighted by Gasteiger charge is -1.95. The molecule has 0 aromatic carbocycles. The lowest BCUT2D eigenvalue weighted by Crippen LogP contribution is -2.02. The number of aryl methyl sites for hydroxylation is 1. The van der Waals surface area contributed by atoms with E-state index in [0.29, 0.717) is 12.8 Å². The van der Waals surface area contributed by atoms with Crippen molar-refractivity contribution in [2.75, 3.05) is 5.75 Å². The quantitative estimate of drug-likeness (QED) is 0.442. The van der Waals surface area contributed by atoms with E-state index in [2.05, 4.69) is 9.43 Å². The molecule has 0 saturated heterocycles. The van der Waals surface area contributed by atoms with E-state index in [-0.39, 0.29) is 5.75 Å². The molecule has 0 fully saturated rings. The summed E-state index contributed by atoms with van der Waals surface area (Å²) in [6.07, 6.45) is 1.19. The van der Waals surface area contributed by atoms with Gasteiger partial charge in [-0.1, -0.05) is 6.07 Å². The molecule has 0 bridgehead atoms. The van der Waals surface area contributed by atoms with Gasteiger partial charge in [-0.2, -0.15) is 0 Å². The van der Waals surface area contributed by atoms with Crippen LogP contribution < -0.4 is 0 Å². The second-order valence-electron chi connectivity index (χ2n) is 2.64. The minimum absolute atomic E-state index is 0.0883. The van der Waals surface area contributed by atoms with Crippen LogP contribution >= 0.6 is 11.3 Å². The van der Waals surface area contributed by atoms with Crippen LogP contribution in [0.15, 0.2) is 22.0 Å². The Labute approximate surface area is 86.1 Å². The highest BCUT2D eigenvalue weighted by molar-refractivity contribution is 7.89. The van der Waals surface area contributed by atoms with Gasteiger partial charge in [0.25, 0.3) is 0 Å². The maximum absolute atomic E-state index is 10.9. The van der Waals surface area contributed by atoms with Crippen LogP contribution in [0.2, 0.25) is 0 Å². The molecule has 0 N–H and O–H groups in total. The molecule has 7 heteroatoms. The molecule has 1 rings (SSSR count). The average molecular weight is 231 g/mol. The second-order valence-corrected chi connectivity index (χ2v) is 5.41. The lowest BCUT2D eigenvalue weighted by atomic mass is 10.3. The number of nitrogens with zero attached hydrogens (tertiary/aromatic N) is 3. The molecule has 0 unspecified atom stereocenters. The zero-order chi connectivity index (χ0) is 10.4. The molecule has 5 nitrogen and oxygen atoms in total. The summed E-state index contributed by atoms with van der Waals surface area (Å²) in [5.74, 6) is -0.0883. The van der Waals surface area contributed by atoms with E-state index in [1.807, 2.05) is 17.5 Å². The molecule has 0 aliphatic rings. The summed E-state index contributed by atoms with van der Waals surface area (Å²) in [5, 5.41) is 1.94. The molecule has 1 aromatic rings. The van der Waals surface area contributed by atoms with Gasteiger partial charge in [0.1, 0.15) is 0 Å². The predicted octanol–water partition coefficient (Wildman–Crippen LogP) is 2.32. The number of hydrogen-bond acceptors (Lipinski definition) is 3. The first-order valence-electron chi connectivity index (χ1n) is 3.95. The lowest BCUT2D eigenvalue weighted by molar-refractivity contribution is 0.594. The molecular weight excluding hydrogens is 222 g/mol. The first-order chi connectivity index (χ1) is 6.64. The standard InChI is InChI=1S/C7H9N3O2S2/c8-9-10-14(11,12)6-2-4-7-3-1-5-13-7/h1,3,5H,2,4,6H2. The summed E-state index contributed by atoms with van der Waals surface area (Å²) >= 11 is 1.59. The van der Waals surface area contributed by atoms with Crippen molar-refractivity contribution in [3.05, 3.63) is 32.8 Å². The molecule has 1 aromatic heterocycles. The van der Waals surface area contributed by atoms with Gasteiger partial charge in [0.05, 0.1) is 5.75 Å². The first-order valence-corrected chi connectivity index (χ1v) is 6.44. The number of azide groups is 1. The summed E-state index contributed by atoms with van der Waals surface area (Å²) in [6, 6.07) is 3.87. The van der Waals surface area contributed by atoms with Crippen molar-refractivity contribution >= 4 is 21.4 Å². The number of hydrogen-bond donors (Lipinski definition) is 0. The van der Waals surface area contributed by atoms with Crippen molar-refractivity contribution in [2.24, 2.45) is 4.52 Å². The van der Waals surface area contributed by atoms with Crippen LogP contribution in [0.3, 0.4) is 0 Å². The van der Waals surface area contributed by atoms with Crippen LogP contribution in [0, 0.1) is 0 Å². The van der Waals surface area contributed by atoms with E-state index < -0.39 is 10.0 Å². The van der Waals surface area contributed by atoms with Gasteiger partial charge in [-0.25, -0.2) is 8.42 Å². The molecular formula is C7H9N3O2S2. The van der Waals surface area contributed by atoms with Crippen molar-refractivity contribution in [1.29, 1.82) is 0 Å². The Morgan fingerprint density at radius 1 is 1.57 bits per heavy atom. The van der Waals surface area contributed by atoms with E-state index in [1.54, 1.807) is 11.3 Å². The highest BCUT2D eigenvalue weighted by Gasteiger charge is 2.06. The molecule has 0 spiro atoms. The van der Waals surface area contributed by atoms with Gasteiger partial charge in [0.2, 0.25) is 10.0 Å². The van der Waals surface area contributed by atoms with Crippen LogP contribution in [0.5, 0.6) is 0 Å². The Bertz CT molecular complexity index is 418. The number of thiophene rings is 1. The van der Waals surface area contributed by atoms with Crippen molar-refractivity contribution < 1.29 is 8.42 Å². The Kier molecular flexibility index (Phi) is 3.94. The van der Waals surface area contributed by atoms with Gasteiger partial charge in [0, 0.05) is 14.3 Å². The third kappa shape index (κ3) is 3.78. The molecule has 1 heterocycles. The Hall–Kier alpha value is -1.04. The fraction of sp³-hybridized carbons (Fsp3) is 0.429. The van der Waals surface area contributed by atoms with E-state index >= 15 is 0 Å². The summed E-state index contributed by atoms with van der Waals surface area (Å²) in [7, 11) is -3.57. The van der Waals surface area contributed by atoms with E-state index in [1.165, 1.54) is 0 Å². The monoisotopic (exact) mass is 231 g/mol. The molecule has 0 saturated carbocycles. The highest BCUT2D eigenvalue weighted by Crippen LogP contribution is 2.11. The minimum Gasteiger partial charge on any atom is -0.221 e. The third-order valence-corrected chi connectivity index (χ3v) is 3.63. The SMILES string of the molecule is [N-]=[N+]=NS(=O)(=O)CCCc1cccs1. The van der Waals surface area contributed by atoms with E-state index in [9.17, 15) is 8.42 Å². The Morgan fingerprint density at radius 3 is 2.93 bits per heavy atom. The fourth-order valence-electron chi connectivity index (χ4n) is 0.980. The zero-order valence-electron chi connectivity index (χ0n) is 7.33. The van der Waals surface area contributed by atoms with Crippen molar-refractivity contribution in [2.45, 2.75) is 12.8 Å². The summed E-state index contributed by atoms with van der Waals surface area (Å²) < 4.78 is 24.6. The Morgan fingerprint density at radius 2 is 2.36 bits per heavy atom. The largest absolute Gasteiger partial charge is 0.235 e. The summed E-state index contributed by atoms with van der Waals surface area (Å²) in [5.41, 5.74) is 7.97. The summed E-state index contributed by atoms with van der Waals surface area (Å²) in [6.45, 7) is 0. The number of rotatable bonds is 5. The normalized spacial score (nSPS) is 10.9. The van der Waals surface area contributed by atoms with Crippen molar-refractivity contribution in [3.8, 4) is 0 Å². The average Bonchev–Trinajstić information content (AvgIpc) is 2.56. The van der Waals surface area contributed by atoms with Gasteiger partial charge in [-0.15, -0.1) is 11.3 Å². The molecule has 0 amide bonds. The number of sulfonamides is 1. The van der Waals surface area contributed by atoms with E-state index in [0.717, 1.165) is 4.88 Å². The first kappa shape index (κ1) is 11.0. The molecule has 0 aliphatic carbocycles. The van der Waals surface area contributed by atoms with Crippen LogP contribution in [0.25, 0.3) is 10.4 Å². The topological polar surface area (TPSA) is 82.9 Å². The maximum atomic E-state index is 10.9. The third-order valence-electron chi connectivity index (χ3n) is 1.57. The van der Waals surface area contributed by atoms with Gasteiger partial charge in [-0.3, -0.25) is 0 Å². The van der Waals surface area contributed by atoms with Gasteiger partial charge in [-0.05, 0) is 29.8 Å². The zero-order valence-corrected chi connectivity index (χ0v) is 8.96. The molecule has 0 radical (unpaired) electrons. The molecule has 0 atom stereocenters. The smallest absolute Gasteiger partial charge is 0.221 e. The fourth-order valence-corrected chi connectivity index (χ4v) is 2.43. The van der Waals surface area contributed by atoms with Crippen LogP contribution in [0.4, 0.5) is 0 Å². The molecule has 76 valence electrons. The highest BCUT2D eigenvalue weighted by atomic mass is 32.2. The van der Waals surface area contributed by atoms with Gasteiger partial charge >= 0.3 is 0 Å².